The quantitative estimate of drug-likeness (QED) is 0.697. The van der Waals surface area contributed by atoms with E-state index in [1.54, 1.807) is 4.90 Å². The molecule has 2 aliphatic rings. The van der Waals surface area contributed by atoms with Crippen LogP contribution in [0.25, 0.3) is 0 Å². The number of rotatable bonds is 3. The van der Waals surface area contributed by atoms with Crippen LogP contribution < -0.4 is 5.73 Å². The van der Waals surface area contributed by atoms with Crippen LogP contribution in [0.4, 0.5) is 4.79 Å². The van der Waals surface area contributed by atoms with Crippen LogP contribution in [0.2, 0.25) is 0 Å². The number of nitrogens with zero attached hydrogens (tertiary/aromatic N) is 1. The summed E-state index contributed by atoms with van der Waals surface area (Å²) in [6.07, 6.45) is 3.58. The second kappa shape index (κ2) is 3.54. The smallest absolute Gasteiger partial charge is 0.410 e. The number of nitrogens with two attached hydrogens (primary N) is 1. The topological polar surface area (TPSA) is 55.6 Å². The Labute approximate surface area is 78.0 Å². The number of hydrogen-bond acceptors (Lipinski definition) is 3. The Hall–Kier alpha value is -0.770. The van der Waals surface area contributed by atoms with Gasteiger partial charge in [-0.15, -0.1) is 0 Å². The Morgan fingerprint density at radius 1 is 1.54 bits per heavy atom. The summed E-state index contributed by atoms with van der Waals surface area (Å²) in [6, 6.07) is 0. The van der Waals surface area contributed by atoms with Gasteiger partial charge in [-0.2, -0.15) is 0 Å². The molecule has 1 saturated carbocycles. The Kier molecular flexibility index (Phi) is 2.40. The molecule has 0 bridgehead atoms. The molecule has 0 aromatic heterocycles. The first kappa shape index (κ1) is 8.81. The van der Waals surface area contributed by atoms with Gasteiger partial charge in [-0.25, -0.2) is 4.79 Å². The average molecular weight is 184 g/mol. The van der Waals surface area contributed by atoms with Crippen LogP contribution in [0.3, 0.4) is 0 Å². The van der Waals surface area contributed by atoms with Gasteiger partial charge in [0.2, 0.25) is 0 Å². The Morgan fingerprint density at radius 3 is 2.77 bits per heavy atom. The van der Waals surface area contributed by atoms with Crippen molar-refractivity contribution in [1.82, 2.24) is 4.90 Å². The van der Waals surface area contributed by atoms with E-state index in [4.69, 9.17) is 10.5 Å². The van der Waals surface area contributed by atoms with E-state index in [0.717, 1.165) is 6.54 Å². The van der Waals surface area contributed by atoms with E-state index in [0.29, 0.717) is 19.0 Å². The van der Waals surface area contributed by atoms with E-state index < -0.39 is 0 Å². The molecule has 1 heterocycles. The molecular weight excluding hydrogens is 168 g/mol. The molecule has 74 valence electrons. The summed E-state index contributed by atoms with van der Waals surface area (Å²) in [7, 11) is 0. The molecular formula is C9H16N2O2. The van der Waals surface area contributed by atoms with Crippen molar-refractivity contribution >= 4 is 6.09 Å². The van der Waals surface area contributed by atoms with Crippen molar-refractivity contribution in [2.24, 2.45) is 11.7 Å². The van der Waals surface area contributed by atoms with Crippen LogP contribution in [0, 0.1) is 5.92 Å². The second-order valence-corrected chi connectivity index (χ2v) is 3.94. The fourth-order valence-electron chi connectivity index (χ4n) is 1.83. The van der Waals surface area contributed by atoms with Crippen LogP contribution in [0.5, 0.6) is 0 Å². The lowest BCUT2D eigenvalue weighted by atomic mass is 9.85. The lowest BCUT2D eigenvalue weighted by Crippen LogP contribution is -2.34. The minimum Gasteiger partial charge on any atom is -0.443 e. The molecule has 2 rings (SSSR count). The SMILES string of the molecule is NCC1CN(CC2CCC2)C(=O)O1. The zero-order chi connectivity index (χ0) is 9.26. The maximum atomic E-state index is 11.3. The first-order chi connectivity index (χ1) is 6.29. The summed E-state index contributed by atoms with van der Waals surface area (Å²) in [4.78, 5) is 13.1. The number of amides is 1. The summed E-state index contributed by atoms with van der Waals surface area (Å²) in [5, 5.41) is 0. The van der Waals surface area contributed by atoms with Crippen molar-refractivity contribution in [2.45, 2.75) is 25.4 Å². The molecule has 2 fully saturated rings. The Balaban J connectivity index is 1.81. The molecule has 13 heavy (non-hydrogen) atoms. The molecule has 0 aromatic carbocycles. The summed E-state index contributed by atoms with van der Waals surface area (Å²) >= 11 is 0. The van der Waals surface area contributed by atoms with E-state index in [2.05, 4.69) is 0 Å². The molecule has 0 aromatic rings. The first-order valence-corrected chi connectivity index (χ1v) is 4.95. The van der Waals surface area contributed by atoms with Gasteiger partial charge in [0, 0.05) is 13.1 Å². The highest BCUT2D eigenvalue weighted by Crippen LogP contribution is 2.28. The lowest BCUT2D eigenvalue weighted by molar-refractivity contribution is 0.129. The highest BCUT2D eigenvalue weighted by atomic mass is 16.6. The minimum atomic E-state index is -0.178. The second-order valence-electron chi connectivity index (χ2n) is 3.94. The van der Waals surface area contributed by atoms with Crippen molar-refractivity contribution in [3.8, 4) is 0 Å². The van der Waals surface area contributed by atoms with Crippen LogP contribution in [-0.2, 0) is 4.74 Å². The standard InChI is InChI=1S/C9H16N2O2/c10-4-8-6-11(9(12)13-8)5-7-2-1-3-7/h7-8H,1-6,10H2. The number of cyclic esters (lactones) is 1. The van der Waals surface area contributed by atoms with Crippen molar-refractivity contribution < 1.29 is 9.53 Å². The van der Waals surface area contributed by atoms with E-state index in [1.165, 1.54) is 19.3 Å². The molecule has 1 aliphatic heterocycles. The van der Waals surface area contributed by atoms with Crippen molar-refractivity contribution in [3.05, 3.63) is 0 Å². The first-order valence-electron chi connectivity index (χ1n) is 4.95. The van der Waals surface area contributed by atoms with Gasteiger partial charge in [0.1, 0.15) is 6.10 Å². The minimum absolute atomic E-state index is 0.0763. The normalized spacial score (nSPS) is 28.8. The predicted molar refractivity (Wildman–Crippen MR) is 48.2 cm³/mol. The summed E-state index contributed by atoms with van der Waals surface area (Å²) in [5.74, 6) is 0.712. The van der Waals surface area contributed by atoms with Crippen LogP contribution in [0.1, 0.15) is 19.3 Å². The van der Waals surface area contributed by atoms with Gasteiger partial charge in [-0.3, -0.25) is 0 Å². The number of ether oxygens (including phenoxy) is 1. The van der Waals surface area contributed by atoms with E-state index in [1.807, 2.05) is 0 Å². The summed E-state index contributed by atoms with van der Waals surface area (Å²) < 4.78 is 5.05. The summed E-state index contributed by atoms with van der Waals surface area (Å²) in [5.41, 5.74) is 5.43. The summed E-state index contributed by atoms with van der Waals surface area (Å²) in [6.45, 7) is 1.99. The highest BCUT2D eigenvalue weighted by molar-refractivity contribution is 5.69. The molecule has 1 amide bonds. The van der Waals surface area contributed by atoms with Crippen LogP contribution in [-0.4, -0.2) is 36.7 Å². The maximum Gasteiger partial charge on any atom is 0.410 e. The van der Waals surface area contributed by atoms with Crippen LogP contribution >= 0.6 is 0 Å². The third-order valence-corrected chi connectivity index (χ3v) is 2.92. The fraction of sp³-hybridized carbons (Fsp3) is 0.889. The molecule has 1 unspecified atom stereocenters. The number of hydrogen-bond donors (Lipinski definition) is 1. The lowest BCUT2D eigenvalue weighted by Gasteiger charge is -2.28. The van der Waals surface area contributed by atoms with Gasteiger partial charge < -0.3 is 15.4 Å². The molecule has 2 N–H and O–H groups in total. The molecule has 4 heteroatoms. The van der Waals surface area contributed by atoms with Crippen molar-refractivity contribution in [1.29, 1.82) is 0 Å². The Bertz CT molecular complexity index is 204. The van der Waals surface area contributed by atoms with Gasteiger partial charge in [0.25, 0.3) is 0 Å². The zero-order valence-electron chi connectivity index (χ0n) is 7.74. The highest BCUT2D eigenvalue weighted by Gasteiger charge is 2.32. The van der Waals surface area contributed by atoms with E-state index >= 15 is 0 Å². The van der Waals surface area contributed by atoms with Crippen molar-refractivity contribution in [3.63, 3.8) is 0 Å². The predicted octanol–water partition coefficient (Wildman–Crippen LogP) is 0.566. The van der Waals surface area contributed by atoms with E-state index in [-0.39, 0.29) is 12.2 Å². The van der Waals surface area contributed by atoms with E-state index in [9.17, 15) is 4.79 Å². The number of carbonyl (C=O) groups excluding carboxylic acids is 1. The molecule has 1 saturated heterocycles. The van der Waals surface area contributed by atoms with Gasteiger partial charge in [0.15, 0.2) is 0 Å². The molecule has 0 spiro atoms. The zero-order valence-corrected chi connectivity index (χ0v) is 7.74. The molecule has 1 atom stereocenters. The molecule has 0 radical (unpaired) electrons. The molecule has 4 nitrogen and oxygen atoms in total. The maximum absolute atomic E-state index is 11.3. The largest absolute Gasteiger partial charge is 0.443 e. The van der Waals surface area contributed by atoms with Gasteiger partial charge in [-0.05, 0) is 18.8 Å². The van der Waals surface area contributed by atoms with Gasteiger partial charge in [-0.1, -0.05) is 6.42 Å². The third kappa shape index (κ3) is 1.77. The fourth-order valence-corrected chi connectivity index (χ4v) is 1.83. The third-order valence-electron chi connectivity index (χ3n) is 2.92. The van der Waals surface area contributed by atoms with Crippen molar-refractivity contribution in [2.75, 3.05) is 19.6 Å². The Morgan fingerprint density at radius 2 is 2.31 bits per heavy atom. The average Bonchev–Trinajstić information content (AvgIpc) is 2.39. The van der Waals surface area contributed by atoms with Crippen LogP contribution in [0.15, 0.2) is 0 Å². The molecule has 1 aliphatic carbocycles. The monoisotopic (exact) mass is 184 g/mol. The van der Waals surface area contributed by atoms with Gasteiger partial charge in [0.05, 0.1) is 6.54 Å². The van der Waals surface area contributed by atoms with Gasteiger partial charge >= 0.3 is 6.09 Å². The number of carbonyl (C=O) groups is 1.